The minimum Gasteiger partial charge on any atom is -0.458 e. The monoisotopic (exact) mass is 415 g/mol. The van der Waals surface area contributed by atoms with Gasteiger partial charge in [-0.15, -0.1) is 0 Å². The molecule has 0 unspecified atom stereocenters. The van der Waals surface area contributed by atoms with Gasteiger partial charge in [0.1, 0.15) is 5.76 Å². The first-order valence-electron chi connectivity index (χ1n) is 8.55. The predicted molar refractivity (Wildman–Crippen MR) is 98.8 cm³/mol. The Bertz CT molecular complexity index is 908. The number of carbonyl (C=O) groups excluding carboxylic acids is 1. The van der Waals surface area contributed by atoms with E-state index in [0.717, 1.165) is 23.1 Å². The number of furan rings is 1. The summed E-state index contributed by atoms with van der Waals surface area (Å²) in [5.74, 6) is 2.74. The van der Waals surface area contributed by atoms with Crippen molar-refractivity contribution in [2.24, 2.45) is 0 Å². The topological polar surface area (TPSA) is 72.4 Å². The van der Waals surface area contributed by atoms with Crippen molar-refractivity contribution < 1.29 is 13.7 Å². The van der Waals surface area contributed by atoms with Gasteiger partial charge in [-0.1, -0.05) is 21.1 Å². The molecule has 1 aromatic carbocycles. The minimum absolute atomic E-state index is 0.0632. The van der Waals surface area contributed by atoms with Crippen LogP contribution in [0.15, 0.2) is 49.8 Å². The molecule has 3 heterocycles. The molecule has 0 N–H and O–H groups in total. The highest BCUT2D eigenvalue weighted by molar-refractivity contribution is 9.10. The maximum atomic E-state index is 12.6. The second-order valence-electron chi connectivity index (χ2n) is 6.44. The van der Waals surface area contributed by atoms with E-state index in [1.807, 2.05) is 48.2 Å². The normalized spacial score (nSPS) is 15.4. The Labute approximate surface area is 159 Å². The van der Waals surface area contributed by atoms with Crippen LogP contribution in [0.25, 0.3) is 11.6 Å². The summed E-state index contributed by atoms with van der Waals surface area (Å²) in [6.07, 6.45) is 1.61. The molecule has 0 saturated carbocycles. The highest BCUT2D eigenvalue weighted by atomic mass is 79.9. The standard InChI is InChI=1S/C19H18BrN3O3/c1-12-2-7-16(25-12)17-21-18(26-22-17)13-8-10-23(11-9-13)19(24)14-3-5-15(20)6-4-14/h2-7,13H,8-11H2,1H3. The molecule has 1 aliphatic heterocycles. The summed E-state index contributed by atoms with van der Waals surface area (Å²) in [5, 5.41) is 4.02. The van der Waals surface area contributed by atoms with Crippen LogP contribution in [0.2, 0.25) is 0 Å². The van der Waals surface area contributed by atoms with Crippen LogP contribution in [-0.2, 0) is 0 Å². The van der Waals surface area contributed by atoms with E-state index in [1.54, 1.807) is 0 Å². The Morgan fingerprint density at radius 2 is 1.88 bits per heavy atom. The largest absolute Gasteiger partial charge is 0.458 e. The number of rotatable bonds is 3. The van der Waals surface area contributed by atoms with E-state index in [-0.39, 0.29) is 11.8 Å². The number of halogens is 1. The number of aryl methyl sites for hydroxylation is 1. The molecule has 1 fully saturated rings. The van der Waals surface area contributed by atoms with Gasteiger partial charge in [-0.3, -0.25) is 4.79 Å². The van der Waals surface area contributed by atoms with E-state index in [9.17, 15) is 4.79 Å². The van der Waals surface area contributed by atoms with Crippen LogP contribution in [0.5, 0.6) is 0 Å². The summed E-state index contributed by atoms with van der Waals surface area (Å²) < 4.78 is 11.9. The van der Waals surface area contributed by atoms with E-state index in [4.69, 9.17) is 8.94 Å². The van der Waals surface area contributed by atoms with Crippen LogP contribution in [0.1, 0.15) is 40.8 Å². The van der Waals surface area contributed by atoms with Crippen molar-refractivity contribution in [1.29, 1.82) is 0 Å². The number of hydrogen-bond acceptors (Lipinski definition) is 5. The molecule has 1 aliphatic rings. The number of amides is 1. The fraction of sp³-hybridized carbons (Fsp3) is 0.316. The molecular weight excluding hydrogens is 398 g/mol. The Balaban J connectivity index is 1.40. The van der Waals surface area contributed by atoms with Gasteiger partial charge in [-0.05, 0) is 56.2 Å². The van der Waals surface area contributed by atoms with Crippen LogP contribution in [0, 0.1) is 6.92 Å². The first-order chi connectivity index (χ1) is 12.6. The minimum atomic E-state index is 0.0632. The Hall–Kier alpha value is -2.41. The molecule has 4 rings (SSSR count). The number of hydrogen-bond donors (Lipinski definition) is 0. The molecule has 2 aromatic heterocycles. The van der Waals surface area contributed by atoms with Crippen molar-refractivity contribution in [3.05, 3.63) is 58.1 Å². The van der Waals surface area contributed by atoms with E-state index < -0.39 is 0 Å². The highest BCUT2D eigenvalue weighted by Gasteiger charge is 2.28. The second kappa shape index (κ2) is 7.07. The summed E-state index contributed by atoms with van der Waals surface area (Å²) in [4.78, 5) is 18.9. The third-order valence-electron chi connectivity index (χ3n) is 4.63. The third-order valence-corrected chi connectivity index (χ3v) is 5.15. The highest BCUT2D eigenvalue weighted by Crippen LogP contribution is 2.29. The maximum Gasteiger partial charge on any atom is 0.253 e. The van der Waals surface area contributed by atoms with Gasteiger partial charge < -0.3 is 13.8 Å². The number of nitrogens with zero attached hydrogens (tertiary/aromatic N) is 3. The molecule has 3 aromatic rings. The van der Waals surface area contributed by atoms with Crippen LogP contribution in [0.4, 0.5) is 0 Å². The van der Waals surface area contributed by atoms with Crippen LogP contribution in [-0.4, -0.2) is 34.0 Å². The van der Waals surface area contributed by atoms with Gasteiger partial charge >= 0.3 is 0 Å². The Kier molecular flexibility index (Phi) is 4.63. The lowest BCUT2D eigenvalue weighted by Gasteiger charge is -2.30. The molecule has 26 heavy (non-hydrogen) atoms. The van der Waals surface area contributed by atoms with Gasteiger partial charge in [0.15, 0.2) is 5.76 Å². The molecule has 0 bridgehead atoms. The predicted octanol–water partition coefficient (Wildman–Crippen LogP) is 4.42. The summed E-state index contributed by atoms with van der Waals surface area (Å²) in [5.41, 5.74) is 0.708. The molecule has 1 amide bonds. The summed E-state index contributed by atoms with van der Waals surface area (Å²) in [7, 11) is 0. The fourth-order valence-electron chi connectivity index (χ4n) is 3.16. The van der Waals surface area contributed by atoms with Gasteiger partial charge in [0.2, 0.25) is 11.7 Å². The molecule has 0 spiro atoms. The molecule has 134 valence electrons. The molecule has 1 saturated heterocycles. The van der Waals surface area contributed by atoms with Crippen molar-refractivity contribution in [3.63, 3.8) is 0 Å². The van der Waals surface area contributed by atoms with Crippen LogP contribution >= 0.6 is 15.9 Å². The SMILES string of the molecule is Cc1ccc(-c2noc(C3CCN(C(=O)c4ccc(Br)cc4)CC3)n2)o1. The Morgan fingerprint density at radius 3 is 2.54 bits per heavy atom. The van der Waals surface area contributed by atoms with Crippen LogP contribution < -0.4 is 0 Å². The lowest BCUT2D eigenvalue weighted by molar-refractivity contribution is 0.0704. The van der Waals surface area contributed by atoms with Gasteiger partial charge in [-0.2, -0.15) is 4.98 Å². The Morgan fingerprint density at radius 1 is 1.15 bits per heavy atom. The number of benzene rings is 1. The quantitative estimate of drug-likeness (QED) is 0.632. The maximum absolute atomic E-state index is 12.6. The van der Waals surface area contributed by atoms with Gasteiger partial charge in [0.05, 0.1) is 0 Å². The van der Waals surface area contributed by atoms with Crippen LogP contribution in [0.3, 0.4) is 0 Å². The second-order valence-corrected chi connectivity index (χ2v) is 7.36. The van der Waals surface area contributed by atoms with E-state index in [0.29, 0.717) is 36.1 Å². The number of likely N-dealkylation sites (tertiary alicyclic amines) is 1. The average Bonchev–Trinajstić information content (AvgIpc) is 3.31. The zero-order chi connectivity index (χ0) is 18.1. The van der Waals surface area contributed by atoms with Gasteiger partial charge in [0.25, 0.3) is 5.91 Å². The van der Waals surface area contributed by atoms with Crippen molar-refractivity contribution in [3.8, 4) is 11.6 Å². The molecule has 0 atom stereocenters. The van der Waals surface area contributed by atoms with E-state index in [1.165, 1.54) is 0 Å². The van der Waals surface area contributed by atoms with Crippen molar-refractivity contribution in [2.75, 3.05) is 13.1 Å². The van der Waals surface area contributed by atoms with E-state index in [2.05, 4.69) is 26.1 Å². The number of piperidine rings is 1. The lowest BCUT2D eigenvalue weighted by atomic mass is 9.96. The molecular formula is C19H18BrN3O3. The summed E-state index contributed by atoms with van der Waals surface area (Å²) >= 11 is 3.39. The molecule has 7 heteroatoms. The number of aromatic nitrogens is 2. The van der Waals surface area contributed by atoms with Gasteiger partial charge in [-0.25, -0.2) is 0 Å². The summed E-state index contributed by atoms with van der Waals surface area (Å²) in [6, 6.07) is 11.2. The molecule has 6 nitrogen and oxygen atoms in total. The third kappa shape index (κ3) is 3.44. The van der Waals surface area contributed by atoms with Crippen molar-refractivity contribution >= 4 is 21.8 Å². The summed E-state index contributed by atoms with van der Waals surface area (Å²) in [6.45, 7) is 3.23. The van der Waals surface area contributed by atoms with Crippen molar-refractivity contribution in [2.45, 2.75) is 25.7 Å². The zero-order valence-corrected chi connectivity index (χ0v) is 15.9. The van der Waals surface area contributed by atoms with Crippen molar-refractivity contribution in [1.82, 2.24) is 15.0 Å². The molecule has 0 aliphatic carbocycles. The average molecular weight is 416 g/mol. The first kappa shape index (κ1) is 17.0. The van der Waals surface area contributed by atoms with E-state index >= 15 is 0 Å². The fourth-order valence-corrected chi connectivity index (χ4v) is 3.42. The smallest absolute Gasteiger partial charge is 0.253 e. The van der Waals surface area contributed by atoms with Gasteiger partial charge in [0, 0.05) is 29.0 Å². The zero-order valence-electron chi connectivity index (χ0n) is 14.3. The molecule has 0 radical (unpaired) electrons. The first-order valence-corrected chi connectivity index (χ1v) is 9.35. The lowest BCUT2D eigenvalue weighted by Crippen LogP contribution is -2.37. The number of carbonyl (C=O) groups is 1.